The highest BCUT2D eigenvalue weighted by Gasteiger charge is 2.52. The Hall–Kier alpha value is -1.39. The first-order valence-corrected chi connectivity index (χ1v) is 6.44. The van der Waals surface area contributed by atoms with E-state index in [0.29, 0.717) is 13.0 Å². The Bertz CT molecular complexity index is 531. The molecule has 0 saturated carbocycles. The number of rotatable bonds is 2. The van der Waals surface area contributed by atoms with E-state index in [2.05, 4.69) is 10.6 Å². The molecule has 0 bridgehead atoms. The molecule has 2 N–H and O–H groups in total. The third-order valence-electron chi connectivity index (χ3n) is 3.85. The Morgan fingerprint density at radius 3 is 3.00 bits per heavy atom. The molecule has 1 aromatic rings. The number of carbonyl (C=O) groups is 2. The first kappa shape index (κ1) is 11.7. The number of carbonyl (C=O) groups excluding carboxylic acids is 2. The minimum Gasteiger partial charge on any atom is -0.325 e. The largest absolute Gasteiger partial charge is 0.325 e. The summed E-state index contributed by atoms with van der Waals surface area (Å²) in [6.45, 7) is 0.489. The van der Waals surface area contributed by atoms with Gasteiger partial charge in [0.25, 0.3) is 0 Å². The van der Waals surface area contributed by atoms with E-state index in [-0.39, 0.29) is 23.6 Å². The standard InChI is InChI=1S/C13H13ClN2O2/c14-6-11(17)10-5-13(7-15-10)8-3-1-2-4-9(8)16-12(13)18/h1-4,10,15H,5-7H2,(H,16,18). The molecular formula is C13H13ClN2O2. The normalized spacial score (nSPS) is 29.4. The van der Waals surface area contributed by atoms with Gasteiger partial charge in [-0.1, -0.05) is 18.2 Å². The molecule has 2 unspecified atom stereocenters. The van der Waals surface area contributed by atoms with Gasteiger partial charge < -0.3 is 10.6 Å². The van der Waals surface area contributed by atoms with E-state index in [1.165, 1.54) is 0 Å². The fraction of sp³-hybridized carbons (Fsp3) is 0.385. The summed E-state index contributed by atoms with van der Waals surface area (Å²) in [4.78, 5) is 23.9. The smallest absolute Gasteiger partial charge is 0.236 e. The zero-order chi connectivity index (χ0) is 12.8. The Morgan fingerprint density at radius 1 is 1.44 bits per heavy atom. The number of ketones is 1. The van der Waals surface area contributed by atoms with Crippen LogP contribution in [0.25, 0.3) is 0 Å². The number of para-hydroxylation sites is 1. The molecule has 3 rings (SSSR count). The summed E-state index contributed by atoms with van der Waals surface area (Å²) in [5.74, 6) is -0.0939. The van der Waals surface area contributed by atoms with Gasteiger partial charge in [-0.2, -0.15) is 0 Å². The molecule has 4 nitrogen and oxygen atoms in total. The van der Waals surface area contributed by atoms with Gasteiger partial charge in [0.15, 0.2) is 5.78 Å². The van der Waals surface area contributed by atoms with Crippen LogP contribution in [0.5, 0.6) is 0 Å². The number of hydrogen-bond acceptors (Lipinski definition) is 3. The van der Waals surface area contributed by atoms with Gasteiger partial charge in [0.05, 0.1) is 17.3 Å². The first-order valence-electron chi connectivity index (χ1n) is 5.90. The van der Waals surface area contributed by atoms with Crippen molar-refractivity contribution < 1.29 is 9.59 Å². The van der Waals surface area contributed by atoms with Crippen LogP contribution >= 0.6 is 11.6 Å². The number of benzene rings is 1. The van der Waals surface area contributed by atoms with Crippen molar-refractivity contribution in [3.05, 3.63) is 29.8 Å². The van der Waals surface area contributed by atoms with Crippen LogP contribution in [0, 0.1) is 0 Å². The number of alkyl halides is 1. The number of hydrogen-bond donors (Lipinski definition) is 2. The van der Waals surface area contributed by atoms with Crippen molar-refractivity contribution in [2.45, 2.75) is 17.9 Å². The fourth-order valence-electron chi connectivity index (χ4n) is 2.86. The summed E-state index contributed by atoms with van der Waals surface area (Å²) >= 11 is 5.57. The molecular weight excluding hydrogens is 252 g/mol. The Balaban J connectivity index is 1.97. The van der Waals surface area contributed by atoms with Crippen LogP contribution in [-0.4, -0.2) is 30.2 Å². The van der Waals surface area contributed by atoms with Crippen LogP contribution in [0.1, 0.15) is 12.0 Å². The maximum atomic E-state index is 12.2. The van der Waals surface area contributed by atoms with Crippen LogP contribution in [0.3, 0.4) is 0 Å². The molecule has 0 radical (unpaired) electrons. The first-order chi connectivity index (χ1) is 8.67. The monoisotopic (exact) mass is 264 g/mol. The van der Waals surface area contributed by atoms with Gasteiger partial charge in [-0.05, 0) is 18.1 Å². The van der Waals surface area contributed by atoms with Crippen molar-refractivity contribution in [2.75, 3.05) is 17.7 Å². The lowest BCUT2D eigenvalue weighted by Crippen LogP contribution is -2.36. The molecule has 5 heteroatoms. The molecule has 0 aromatic heterocycles. The molecule has 1 aromatic carbocycles. The van der Waals surface area contributed by atoms with Gasteiger partial charge in [-0.15, -0.1) is 11.6 Å². The predicted octanol–water partition coefficient (Wildman–Crippen LogP) is 1.05. The minimum atomic E-state index is -0.608. The number of anilines is 1. The third-order valence-corrected chi connectivity index (χ3v) is 4.11. The summed E-state index contributed by atoms with van der Waals surface area (Å²) in [6.07, 6.45) is 0.488. The highest BCUT2D eigenvalue weighted by Crippen LogP contribution is 2.43. The van der Waals surface area contributed by atoms with Gasteiger partial charge in [0.1, 0.15) is 0 Å². The fourth-order valence-corrected chi connectivity index (χ4v) is 3.05. The maximum Gasteiger partial charge on any atom is 0.236 e. The van der Waals surface area contributed by atoms with Gasteiger partial charge in [0, 0.05) is 12.2 Å². The lowest BCUT2D eigenvalue weighted by Gasteiger charge is -2.19. The zero-order valence-electron chi connectivity index (χ0n) is 9.70. The van der Waals surface area contributed by atoms with Crippen molar-refractivity contribution in [2.24, 2.45) is 0 Å². The van der Waals surface area contributed by atoms with Crippen molar-refractivity contribution in [3.8, 4) is 0 Å². The topological polar surface area (TPSA) is 58.2 Å². The molecule has 2 aliphatic rings. The SMILES string of the molecule is O=C(CCl)C1CC2(CN1)C(=O)Nc1ccccc12. The Morgan fingerprint density at radius 2 is 2.22 bits per heavy atom. The quantitative estimate of drug-likeness (QED) is 0.785. The number of Topliss-reactive ketones (excluding diaryl/α,β-unsaturated/α-hetero) is 1. The minimum absolute atomic E-state index is 0.0169. The average molecular weight is 265 g/mol. The molecule has 1 saturated heterocycles. The van der Waals surface area contributed by atoms with Gasteiger partial charge >= 0.3 is 0 Å². The maximum absolute atomic E-state index is 12.2. The van der Waals surface area contributed by atoms with Crippen LogP contribution in [-0.2, 0) is 15.0 Å². The van der Waals surface area contributed by atoms with Gasteiger partial charge in [0.2, 0.25) is 5.91 Å². The van der Waals surface area contributed by atoms with E-state index >= 15 is 0 Å². The molecule has 0 aliphatic carbocycles. The van der Waals surface area contributed by atoms with Crippen LogP contribution in [0.2, 0.25) is 0 Å². The van der Waals surface area contributed by atoms with Crippen LogP contribution < -0.4 is 10.6 Å². The van der Waals surface area contributed by atoms with Crippen LogP contribution in [0.15, 0.2) is 24.3 Å². The number of nitrogens with one attached hydrogen (secondary N) is 2. The molecule has 1 amide bonds. The summed E-state index contributed by atoms with van der Waals surface area (Å²) in [5.41, 5.74) is 1.22. The summed E-state index contributed by atoms with van der Waals surface area (Å²) in [7, 11) is 0. The predicted molar refractivity (Wildman–Crippen MR) is 68.9 cm³/mol. The molecule has 2 heterocycles. The van der Waals surface area contributed by atoms with E-state index in [4.69, 9.17) is 11.6 Å². The summed E-state index contributed by atoms with van der Waals surface area (Å²) in [5, 5.41) is 6.00. The van der Waals surface area contributed by atoms with E-state index < -0.39 is 5.41 Å². The summed E-state index contributed by atoms with van der Waals surface area (Å²) < 4.78 is 0. The van der Waals surface area contributed by atoms with Gasteiger partial charge in [-0.3, -0.25) is 9.59 Å². The molecule has 2 atom stereocenters. The average Bonchev–Trinajstić information content (AvgIpc) is 2.94. The van der Waals surface area contributed by atoms with Crippen molar-refractivity contribution in [1.82, 2.24) is 5.32 Å². The highest BCUT2D eigenvalue weighted by atomic mass is 35.5. The third kappa shape index (κ3) is 1.49. The lowest BCUT2D eigenvalue weighted by molar-refractivity contribution is -0.120. The lowest BCUT2D eigenvalue weighted by atomic mass is 9.79. The molecule has 1 fully saturated rings. The van der Waals surface area contributed by atoms with E-state index in [0.717, 1.165) is 11.3 Å². The number of fused-ring (bicyclic) bond motifs is 2. The van der Waals surface area contributed by atoms with Crippen molar-refractivity contribution >= 4 is 29.0 Å². The van der Waals surface area contributed by atoms with E-state index in [1.807, 2.05) is 24.3 Å². The van der Waals surface area contributed by atoms with Gasteiger partial charge in [-0.25, -0.2) is 0 Å². The Labute approximate surface area is 110 Å². The molecule has 18 heavy (non-hydrogen) atoms. The molecule has 94 valence electrons. The summed E-state index contributed by atoms with van der Waals surface area (Å²) in [6, 6.07) is 7.32. The molecule has 2 aliphatic heterocycles. The zero-order valence-corrected chi connectivity index (χ0v) is 10.5. The van der Waals surface area contributed by atoms with E-state index in [1.54, 1.807) is 0 Å². The van der Waals surface area contributed by atoms with Crippen molar-refractivity contribution in [1.29, 1.82) is 0 Å². The highest BCUT2D eigenvalue weighted by molar-refractivity contribution is 6.28. The number of amides is 1. The molecule has 1 spiro atoms. The van der Waals surface area contributed by atoms with Crippen molar-refractivity contribution in [3.63, 3.8) is 0 Å². The van der Waals surface area contributed by atoms with Crippen LogP contribution in [0.4, 0.5) is 5.69 Å². The number of halogens is 1. The Kier molecular flexibility index (Phi) is 2.64. The van der Waals surface area contributed by atoms with E-state index in [9.17, 15) is 9.59 Å². The second-order valence-electron chi connectivity index (χ2n) is 4.82. The second kappa shape index (κ2) is 4.07. The second-order valence-corrected chi connectivity index (χ2v) is 5.09.